The topological polar surface area (TPSA) is 79.5 Å². The van der Waals surface area contributed by atoms with E-state index < -0.39 is 10.0 Å². The highest BCUT2D eigenvalue weighted by molar-refractivity contribution is 7.89. The maximum Gasteiger partial charge on any atom is 0.243 e. The van der Waals surface area contributed by atoms with E-state index in [9.17, 15) is 8.42 Å². The van der Waals surface area contributed by atoms with E-state index in [1.807, 2.05) is 13.0 Å². The molecule has 2 aromatic rings. The Labute approximate surface area is 136 Å². The van der Waals surface area contributed by atoms with Crippen molar-refractivity contribution in [3.8, 4) is 0 Å². The molecule has 0 radical (unpaired) electrons. The van der Waals surface area contributed by atoms with Crippen molar-refractivity contribution in [1.82, 2.24) is 19.3 Å². The fourth-order valence-electron chi connectivity index (χ4n) is 2.56. The predicted octanol–water partition coefficient (Wildman–Crippen LogP) is 1.14. The van der Waals surface area contributed by atoms with Crippen LogP contribution in [0, 0.1) is 0 Å². The lowest BCUT2D eigenvalue weighted by Crippen LogP contribution is -2.48. The van der Waals surface area contributed by atoms with E-state index in [1.54, 1.807) is 24.3 Å². The Bertz CT molecular complexity index is 737. The van der Waals surface area contributed by atoms with E-state index in [0.717, 1.165) is 6.42 Å². The van der Waals surface area contributed by atoms with Crippen LogP contribution in [0.25, 0.3) is 0 Å². The predicted molar refractivity (Wildman–Crippen MR) is 84.2 cm³/mol. The fraction of sp³-hybridized carbons (Fsp3) is 0.467. The zero-order valence-corrected chi connectivity index (χ0v) is 13.9. The van der Waals surface area contributed by atoms with Crippen LogP contribution in [0.3, 0.4) is 0 Å². The summed E-state index contributed by atoms with van der Waals surface area (Å²) in [5.74, 6) is 1.28. The van der Waals surface area contributed by atoms with Gasteiger partial charge in [-0.2, -0.15) is 9.29 Å². The number of hydrogen-bond acceptors (Lipinski definition) is 6. The molecule has 23 heavy (non-hydrogen) atoms. The lowest BCUT2D eigenvalue weighted by atomic mass is 10.3. The Morgan fingerprint density at radius 3 is 2.43 bits per heavy atom. The molecule has 1 fully saturated rings. The molecule has 0 atom stereocenters. The first-order valence-corrected chi connectivity index (χ1v) is 9.12. The molecule has 0 bridgehead atoms. The number of benzene rings is 1. The van der Waals surface area contributed by atoms with Gasteiger partial charge in [-0.15, -0.1) is 0 Å². The molecule has 8 heteroatoms. The van der Waals surface area contributed by atoms with Gasteiger partial charge in [-0.3, -0.25) is 4.90 Å². The average molecular weight is 336 g/mol. The van der Waals surface area contributed by atoms with Gasteiger partial charge < -0.3 is 4.52 Å². The second kappa shape index (κ2) is 6.77. The van der Waals surface area contributed by atoms with Crippen molar-refractivity contribution in [2.45, 2.75) is 24.8 Å². The van der Waals surface area contributed by atoms with Crippen molar-refractivity contribution in [1.29, 1.82) is 0 Å². The van der Waals surface area contributed by atoms with Crippen molar-refractivity contribution in [2.24, 2.45) is 0 Å². The van der Waals surface area contributed by atoms with Gasteiger partial charge in [0.1, 0.15) is 0 Å². The SMILES string of the molecule is CCc1noc(CN2CCN(S(=O)(=O)c3ccccc3)CC2)n1. The van der Waals surface area contributed by atoms with Crippen LogP contribution in [0.4, 0.5) is 0 Å². The molecule has 7 nitrogen and oxygen atoms in total. The zero-order chi connectivity index (χ0) is 16.3. The number of piperazine rings is 1. The number of sulfonamides is 1. The van der Waals surface area contributed by atoms with E-state index in [1.165, 1.54) is 4.31 Å². The van der Waals surface area contributed by atoms with Crippen molar-refractivity contribution in [3.63, 3.8) is 0 Å². The molecule has 2 heterocycles. The molecule has 1 aromatic carbocycles. The Morgan fingerprint density at radius 2 is 1.83 bits per heavy atom. The van der Waals surface area contributed by atoms with Crippen molar-refractivity contribution >= 4 is 10.0 Å². The normalized spacial score (nSPS) is 17.4. The van der Waals surface area contributed by atoms with Crippen molar-refractivity contribution < 1.29 is 12.9 Å². The van der Waals surface area contributed by atoms with Crippen LogP contribution in [0.5, 0.6) is 0 Å². The van der Waals surface area contributed by atoms with Gasteiger partial charge in [0.2, 0.25) is 15.9 Å². The molecule has 0 aliphatic carbocycles. The molecule has 0 spiro atoms. The van der Waals surface area contributed by atoms with E-state index in [0.29, 0.717) is 49.3 Å². The molecule has 0 unspecified atom stereocenters. The number of rotatable bonds is 5. The summed E-state index contributed by atoms with van der Waals surface area (Å²) in [5, 5.41) is 3.87. The highest BCUT2D eigenvalue weighted by Gasteiger charge is 2.28. The molecular formula is C15H20N4O3S. The van der Waals surface area contributed by atoms with Crippen LogP contribution >= 0.6 is 0 Å². The van der Waals surface area contributed by atoms with Gasteiger partial charge in [-0.25, -0.2) is 8.42 Å². The molecule has 1 aromatic heterocycles. The number of aromatic nitrogens is 2. The second-order valence-electron chi connectivity index (χ2n) is 5.45. The minimum absolute atomic E-state index is 0.345. The summed E-state index contributed by atoms with van der Waals surface area (Å²) >= 11 is 0. The van der Waals surface area contributed by atoms with Gasteiger partial charge >= 0.3 is 0 Å². The second-order valence-corrected chi connectivity index (χ2v) is 7.39. The highest BCUT2D eigenvalue weighted by atomic mass is 32.2. The maximum absolute atomic E-state index is 12.6. The molecule has 0 N–H and O–H groups in total. The van der Waals surface area contributed by atoms with Crippen molar-refractivity contribution in [2.75, 3.05) is 26.2 Å². The van der Waals surface area contributed by atoms with Gasteiger partial charge in [-0.05, 0) is 12.1 Å². The highest BCUT2D eigenvalue weighted by Crippen LogP contribution is 2.17. The standard InChI is InChI=1S/C15H20N4O3S/c1-2-14-16-15(22-17-14)12-18-8-10-19(11-9-18)23(20,21)13-6-4-3-5-7-13/h3-7H,2,8-12H2,1H3. The number of hydrogen-bond donors (Lipinski definition) is 0. The van der Waals surface area contributed by atoms with E-state index in [-0.39, 0.29) is 0 Å². The lowest BCUT2D eigenvalue weighted by molar-refractivity contribution is 0.163. The summed E-state index contributed by atoms with van der Waals surface area (Å²) in [6.45, 7) is 4.76. The first-order valence-electron chi connectivity index (χ1n) is 7.68. The third-order valence-electron chi connectivity index (χ3n) is 3.90. The smallest absolute Gasteiger partial charge is 0.243 e. The van der Waals surface area contributed by atoms with Crippen LogP contribution in [0.15, 0.2) is 39.8 Å². The zero-order valence-electron chi connectivity index (χ0n) is 13.1. The number of nitrogens with zero attached hydrogens (tertiary/aromatic N) is 4. The Hall–Kier alpha value is -1.77. The largest absolute Gasteiger partial charge is 0.338 e. The Balaban J connectivity index is 1.60. The van der Waals surface area contributed by atoms with E-state index >= 15 is 0 Å². The van der Waals surface area contributed by atoms with Crippen LogP contribution in [-0.4, -0.2) is 53.9 Å². The summed E-state index contributed by atoms with van der Waals surface area (Å²) in [7, 11) is -3.40. The molecule has 0 saturated carbocycles. The molecule has 1 aliphatic heterocycles. The number of aryl methyl sites for hydroxylation is 1. The van der Waals surface area contributed by atoms with Gasteiger partial charge in [0, 0.05) is 32.6 Å². The van der Waals surface area contributed by atoms with Gasteiger partial charge in [0.15, 0.2) is 5.82 Å². The molecule has 124 valence electrons. The van der Waals surface area contributed by atoms with Gasteiger partial charge in [0.25, 0.3) is 0 Å². The minimum atomic E-state index is -3.40. The molecule has 0 amide bonds. The van der Waals surface area contributed by atoms with Crippen molar-refractivity contribution in [3.05, 3.63) is 42.0 Å². The summed E-state index contributed by atoms with van der Waals surface area (Å²) in [4.78, 5) is 6.76. The van der Waals surface area contributed by atoms with Crippen LogP contribution in [0.2, 0.25) is 0 Å². The molecule has 3 rings (SSSR count). The molecule has 1 aliphatic rings. The van der Waals surface area contributed by atoms with Crippen LogP contribution < -0.4 is 0 Å². The monoisotopic (exact) mass is 336 g/mol. The summed E-state index contributed by atoms with van der Waals surface area (Å²) in [5.41, 5.74) is 0. The summed E-state index contributed by atoms with van der Waals surface area (Å²) in [6, 6.07) is 8.55. The fourth-order valence-corrected chi connectivity index (χ4v) is 4.00. The van der Waals surface area contributed by atoms with Crippen LogP contribution in [0.1, 0.15) is 18.6 Å². The summed E-state index contributed by atoms with van der Waals surface area (Å²) < 4.78 is 31.8. The Morgan fingerprint density at radius 1 is 1.13 bits per heavy atom. The van der Waals surface area contributed by atoms with Gasteiger partial charge in [-0.1, -0.05) is 30.3 Å². The lowest BCUT2D eigenvalue weighted by Gasteiger charge is -2.33. The third-order valence-corrected chi connectivity index (χ3v) is 5.81. The molecular weight excluding hydrogens is 316 g/mol. The minimum Gasteiger partial charge on any atom is -0.338 e. The van der Waals surface area contributed by atoms with E-state index in [2.05, 4.69) is 15.0 Å². The van der Waals surface area contributed by atoms with E-state index in [4.69, 9.17) is 4.52 Å². The average Bonchev–Trinajstić information content (AvgIpc) is 3.04. The summed E-state index contributed by atoms with van der Waals surface area (Å²) in [6.07, 6.45) is 0.743. The Kier molecular flexibility index (Phi) is 4.74. The van der Waals surface area contributed by atoms with Crippen LogP contribution in [-0.2, 0) is 23.0 Å². The molecule has 1 saturated heterocycles. The third kappa shape index (κ3) is 3.60. The first-order chi connectivity index (χ1) is 11.1. The first kappa shape index (κ1) is 16.1. The maximum atomic E-state index is 12.6. The quantitative estimate of drug-likeness (QED) is 0.814. The van der Waals surface area contributed by atoms with Gasteiger partial charge in [0.05, 0.1) is 11.4 Å².